The van der Waals surface area contributed by atoms with Crippen LogP contribution in [0.2, 0.25) is 0 Å². The summed E-state index contributed by atoms with van der Waals surface area (Å²) in [5.41, 5.74) is 11.2. The summed E-state index contributed by atoms with van der Waals surface area (Å²) in [6, 6.07) is -0.0451. The van der Waals surface area contributed by atoms with E-state index in [1.807, 2.05) is 25.7 Å². The summed E-state index contributed by atoms with van der Waals surface area (Å²) < 4.78 is 23.1. The van der Waals surface area contributed by atoms with Gasteiger partial charge in [-0.2, -0.15) is 0 Å². The second-order valence-electron chi connectivity index (χ2n) is 9.52. The first-order valence-corrected chi connectivity index (χ1v) is 10.5. The maximum Gasteiger partial charge on any atom is 0.341 e. The molecule has 8 nitrogen and oxygen atoms in total. The summed E-state index contributed by atoms with van der Waals surface area (Å²) in [7, 11) is 1.42. The molecule has 1 aromatic heterocycles. The highest BCUT2D eigenvalue weighted by molar-refractivity contribution is 6.03. The van der Waals surface area contributed by atoms with E-state index in [1.165, 1.54) is 13.3 Å². The molecular formula is C22H29FN4O4. The molecule has 1 aromatic carbocycles. The van der Waals surface area contributed by atoms with E-state index in [0.29, 0.717) is 18.6 Å². The molecule has 2 aliphatic rings. The van der Waals surface area contributed by atoms with Gasteiger partial charge in [-0.05, 0) is 24.2 Å². The van der Waals surface area contributed by atoms with Gasteiger partial charge in [-0.3, -0.25) is 4.79 Å². The quantitative estimate of drug-likeness (QED) is 0.634. The molecule has 1 saturated heterocycles. The number of carboxylic acids is 1. The number of rotatable bonds is 4. The van der Waals surface area contributed by atoms with Gasteiger partial charge in [-0.15, -0.1) is 0 Å². The Morgan fingerprint density at radius 2 is 2.00 bits per heavy atom. The Hall–Kier alpha value is -2.81. The molecule has 2 heterocycles. The van der Waals surface area contributed by atoms with Crippen LogP contribution in [0.3, 0.4) is 0 Å². The molecule has 5 N–H and O–H groups in total. The lowest BCUT2D eigenvalue weighted by molar-refractivity contribution is 0.0695. The fourth-order valence-corrected chi connectivity index (χ4v) is 4.90. The van der Waals surface area contributed by atoms with Gasteiger partial charge < -0.3 is 30.8 Å². The highest BCUT2D eigenvalue weighted by atomic mass is 19.1. The number of aromatic carboxylic acids is 1. The molecule has 0 radical (unpaired) electrons. The predicted octanol–water partition coefficient (Wildman–Crippen LogP) is 2.57. The fraction of sp³-hybridized carbons (Fsp3) is 0.545. The van der Waals surface area contributed by atoms with E-state index < -0.39 is 22.8 Å². The Morgan fingerprint density at radius 3 is 2.52 bits per heavy atom. The highest BCUT2D eigenvalue weighted by Crippen LogP contribution is 2.47. The number of halogens is 1. The number of carbonyl (C=O) groups is 1. The number of fused-ring (bicyclic) bond motifs is 1. The number of aromatic nitrogens is 1. The van der Waals surface area contributed by atoms with Crippen LogP contribution in [0.4, 0.5) is 15.8 Å². The topological polar surface area (TPSA) is 124 Å². The van der Waals surface area contributed by atoms with Crippen molar-refractivity contribution in [2.24, 2.45) is 17.1 Å². The first kappa shape index (κ1) is 21.4. The number of nitrogens with two attached hydrogens (primary N) is 2. The van der Waals surface area contributed by atoms with E-state index in [2.05, 4.69) is 0 Å². The number of nitrogen functional groups attached to an aromatic ring is 1. The molecule has 0 spiro atoms. The molecule has 2 aromatic rings. The number of hydrogen-bond donors (Lipinski definition) is 3. The molecule has 168 valence electrons. The van der Waals surface area contributed by atoms with Gasteiger partial charge in [0.1, 0.15) is 11.3 Å². The minimum Gasteiger partial charge on any atom is -0.492 e. The minimum absolute atomic E-state index is 0.0120. The SMILES string of the molecule is COc1c(N2CC(C)C(N)C(C)(C)C2)c(F)c(N)c2c(=O)c(C(=O)O)cn(C3CC3)c12. The number of ether oxygens (including phenoxy) is 1. The van der Waals surface area contributed by atoms with Crippen LogP contribution in [-0.2, 0) is 0 Å². The molecular weight excluding hydrogens is 403 g/mol. The third-order valence-corrected chi connectivity index (χ3v) is 6.69. The molecule has 31 heavy (non-hydrogen) atoms. The summed E-state index contributed by atoms with van der Waals surface area (Å²) in [6.45, 7) is 7.08. The minimum atomic E-state index is -1.37. The molecule has 2 unspecified atom stereocenters. The number of carboxylic acid groups (broad SMARTS) is 1. The lowest BCUT2D eigenvalue weighted by atomic mass is 9.74. The molecule has 1 aliphatic heterocycles. The first-order chi connectivity index (χ1) is 14.5. The average Bonchev–Trinajstić information content (AvgIpc) is 3.52. The van der Waals surface area contributed by atoms with Crippen molar-refractivity contribution >= 4 is 28.2 Å². The summed E-state index contributed by atoms with van der Waals surface area (Å²) in [5, 5.41) is 9.36. The summed E-state index contributed by atoms with van der Waals surface area (Å²) in [4.78, 5) is 26.5. The van der Waals surface area contributed by atoms with Crippen molar-refractivity contribution in [3.8, 4) is 5.75 Å². The van der Waals surface area contributed by atoms with Crippen LogP contribution >= 0.6 is 0 Å². The summed E-state index contributed by atoms with van der Waals surface area (Å²) >= 11 is 0. The van der Waals surface area contributed by atoms with Gasteiger partial charge in [0.15, 0.2) is 11.6 Å². The van der Waals surface area contributed by atoms with Gasteiger partial charge in [0, 0.05) is 31.4 Å². The highest BCUT2D eigenvalue weighted by Gasteiger charge is 2.41. The Balaban J connectivity index is 2.06. The first-order valence-electron chi connectivity index (χ1n) is 10.5. The van der Waals surface area contributed by atoms with E-state index in [-0.39, 0.29) is 45.9 Å². The average molecular weight is 432 g/mol. The van der Waals surface area contributed by atoms with Crippen molar-refractivity contribution in [3.63, 3.8) is 0 Å². The maximum absolute atomic E-state index is 15.7. The molecule has 2 fully saturated rings. The lowest BCUT2D eigenvalue weighted by Gasteiger charge is -2.47. The van der Waals surface area contributed by atoms with Crippen LogP contribution < -0.4 is 26.5 Å². The van der Waals surface area contributed by atoms with Crippen molar-refractivity contribution in [3.05, 3.63) is 27.8 Å². The van der Waals surface area contributed by atoms with Crippen LogP contribution in [0.5, 0.6) is 5.75 Å². The Morgan fingerprint density at radius 1 is 1.35 bits per heavy atom. The van der Waals surface area contributed by atoms with Gasteiger partial charge in [0.25, 0.3) is 0 Å². The number of nitrogens with zero attached hydrogens (tertiary/aromatic N) is 2. The van der Waals surface area contributed by atoms with E-state index in [0.717, 1.165) is 12.8 Å². The zero-order chi connectivity index (χ0) is 22.8. The molecule has 1 aliphatic carbocycles. The van der Waals surface area contributed by atoms with Crippen molar-refractivity contribution in [1.29, 1.82) is 0 Å². The van der Waals surface area contributed by atoms with Crippen LogP contribution in [0.15, 0.2) is 11.0 Å². The second-order valence-corrected chi connectivity index (χ2v) is 9.52. The number of pyridine rings is 1. The number of piperidine rings is 1. The van der Waals surface area contributed by atoms with Crippen LogP contribution in [0.1, 0.15) is 50.0 Å². The van der Waals surface area contributed by atoms with Crippen molar-refractivity contribution in [2.45, 2.75) is 45.7 Å². The van der Waals surface area contributed by atoms with Gasteiger partial charge in [0.2, 0.25) is 5.43 Å². The van der Waals surface area contributed by atoms with Gasteiger partial charge in [-0.25, -0.2) is 9.18 Å². The van der Waals surface area contributed by atoms with Crippen LogP contribution in [0.25, 0.3) is 10.9 Å². The van der Waals surface area contributed by atoms with E-state index in [4.69, 9.17) is 16.2 Å². The monoisotopic (exact) mass is 432 g/mol. The molecule has 1 saturated carbocycles. The molecule has 9 heteroatoms. The Labute approximate surface area is 179 Å². The number of benzene rings is 1. The second kappa shape index (κ2) is 7.12. The molecule has 0 amide bonds. The van der Waals surface area contributed by atoms with Gasteiger partial charge in [0.05, 0.1) is 23.7 Å². The third kappa shape index (κ3) is 3.22. The molecule has 4 rings (SSSR count). The number of methoxy groups -OCH3 is 1. The Bertz CT molecular complexity index is 1140. The lowest BCUT2D eigenvalue weighted by Crippen LogP contribution is -2.57. The van der Waals surface area contributed by atoms with Crippen molar-refractivity contribution in [1.82, 2.24) is 4.57 Å². The summed E-state index contributed by atoms with van der Waals surface area (Å²) in [5.74, 6) is -1.86. The number of anilines is 2. The standard InChI is InChI=1S/C22H29FN4O4/c1-10-7-26(9-22(2,3)20(10)25)17-14(23)15(24)13-16(19(17)31-4)27(11-5-6-11)8-12(18(13)28)21(29)30/h8,10-11,20H,5-7,9,24-25H2,1-4H3,(H,29,30). The van der Waals surface area contributed by atoms with Crippen molar-refractivity contribution < 1.29 is 19.0 Å². The van der Waals surface area contributed by atoms with Crippen molar-refractivity contribution in [2.75, 3.05) is 30.8 Å². The third-order valence-electron chi connectivity index (χ3n) is 6.69. The zero-order valence-corrected chi connectivity index (χ0v) is 18.2. The zero-order valence-electron chi connectivity index (χ0n) is 18.2. The van der Waals surface area contributed by atoms with Gasteiger partial charge in [-0.1, -0.05) is 20.8 Å². The summed E-state index contributed by atoms with van der Waals surface area (Å²) in [6.07, 6.45) is 2.98. The maximum atomic E-state index is 15.7. The predicted molar refractivity (Wildman–Crippen MR) is 117 cm³/mol. The largest absolute Gasteiger partial charge is 0.492 e. The fourth-order valence-electron chi connectivity index (χ4n) is 4.90. The number of hydrogen-bond acceptors (Lipinski definition) is 6. The Kier molecular flexibility index (Phi) is 4.92. The van der Waals surface area contributed by atoms with E-state index in [9.17, 15) is 14.7 Å². The van der Waals surface area contributed by atoms with Gasteiger partial charge >= 0.3 is 5.97 Å². The normalized spacial score (nSPS) is 23.2. The molecule has 2 atom stereocenters. The molecule has 0 bridgehead atoms. The van der Waals surface area contributed by atoms with E-state index >= 15 is 4.39 Å². The smallest absolute Gasteiger partial charge is 0.341 e. The van der Waals surface area contributed by atoms with Crippen LogP contribution in [-0.4, -0.2) is 41.9 Å². The van der Waals surface area contributed by atoms with E-state index in [1.54, 1.807) is 4.57 Å². The van der Waals surface area contributed by atoms with Crippen LogP contribution in [0, 0.1) is 17.2 Å².